The molecule has 0 spiro atoms. The lowest BCUT2D eigenvalue weighted by molar-refractivity contribution is -0.123. The summed E-state index contributed by atoms with van der Waals surface area (Å²) in [5.74, 6) is 0.353. The van der Waals surface area contributed by atoms with Crippen LogP contribution in [-0.2, 0) is 17.6 Å². The van der Waals surface area contributed by atoms with E-state index >= 15 is 0 Å². The van der Waals surface area contributed by atoms with E-state index in [2.05, 4.69) is 33.4 Å². The molecule has 0 saturated heterocycles. The molecule has 2 rings (SSSR count). The van der Waals surface area contributed by atoms with Gasteiger partial charge < -0.3 is 4.74 Å². The first kappa shape index (κ1) is 17.2. The Kier molecular flexibility index (Phi) is 6.81. The van der Waals surface area contributed by atoms with Crippen molar-refractivity contribution in [3.05, 3.63) is 64.1 Å². The number of halogens is 1. The second-order valence-electron chi connectivity index (χ2n) is 4.94. The van der Waals surface area contributed by atoms with Crippen LogP contribution in [0.15, 0.2) is 58.1 Å². The molecule has 1 amide bonds. The fourth-order valence-electron chi connectivity index (χ4n) is 1.94. The molecule has 120 valence electrons. The summed E-state index contributed by atoms with van der Waals surface area (Å²) in [6.07, 6.45) is 3.29. The smallest absolute Gasteiger partial charge is 0.277 e. The van der Waals surface area contributed by atoms with Crippen molar-refractivity contribution in [3.63, 3.8) is 0 Å². The SMILES string of the molecule is CCc1ccc(OCC(=O)NN=CCc2ccccc2)c(Br)c1. The number of hydrogen-bond acceptors (Lipinski definition) is 3. The highest BCUT2D eigenvalue weighted by Crippen LogP contribution is 2.26. The molecule has 0 aliphatic heterocycles. The maximum atomic E-state index is 11.7. The Balaban J connectivity index is 1.75. The minimum Gasteiger partial charge on any atom is -0.483 e. The van der Waals surface area contributed by atoms with Gasteiger partial charge in [-0.3, -0.25) is 4.79 Å². The van der Waals surface area contributed by atoms with Crippen molar-refractivity contribution in [1.29, 1.82) is 0 Å². The fourth-order valence-corrected chi connectivity index (χ4v) is 2.48. The highest BCUT2D eigenvalue weighted by Gasteiger charge is 2.05. The number of nitrogens with one attached hydrogen (secondary N) is 1. The summed E-state index contributed by atoms with van der Waals surface area (Å²) in [6.45, 7) is 2.01. The summed E-state index contributed by atoms with van der Waals surface area (Å²) in [6, 6.07) is 15.7. The van der Waals surface area contributed by atoms with Crippen molar-refractivity contribution in [1.82, 2.24) is 5.43 Å². The molecule has 0 radical (unpaired) electrons. The second-order valence-corrected chi connectivity index (χ2v) is 5.80. The summed E-state index contributed by atoms with van der Waals surface area (Å²) >= 11 is 3.44. The highest BCUT2D eigenvalue weighted by molar-refractivity contribution is 9.10. The van der Waals surface area contributed by atoms with Gasteiger partial charge in [-0.25, -0.2) is 5.43 Å². The van der Waals surface area contributed by atoms with Crippen LogP contribution in [-0.4, -0.2) is 18.7 Å². The monoisotopic (exact) mass is 374 g/mol. The third-order valence-electron chi connectivity index (χ3n) is 3.21. The van der Waals surface area contributed by atoms with Crippen molar-refractivity contribution in [2.75, 3.05) is 6.61 Å². The third kappa shape index (κ3) is 5.87. The Morgan fingerprint density at radius 1 is 1.22 bits per heavy atom. The van der Waals surface area contributed by atoms with Gasteiger partial charge in [0.05, 0.1) is 4.47 Å². The summed E-state index contributed by atoms with van der Waals surface area (Å²) in [7, 11) is 0. The molecule has 5 heteroatoms. The third-order valence-corrected chi connectivity index (χ3v) is 3.83. The molecule has 0 aliphatic rings. The fraction of sp³-hybridized carbons (Fsp3) is 0.222. The molecule has 0 aliphatic carbocycles. The standard InChI is InChI=1S/C18H19BrN2O2/c1-2-14-8-9-17(16(19)12-14)23-13-18(22)21-20-11-10-15-6-4-3-5-7-15/h3-9,11-12H,2,10,13H2,1H3,(H,21,22). The van der Waals surface area contributed by atoms with Gasteiger partial charge in [-0.15, -0.1) is 0 Å². The number of carbonyl (C=O) groups excluding carboxylic acids is 1. The molecule has 0 heterocycles. The van der Waals surface area contributed by atoms with Gasteiger partial charge in [0.1, 0.15) is 5.75 Å². The van der Waals surface area contributed by atoms with Gasteiger partial charge in [-0.1, -0.05) is 43.3 Å². The summed E-state index contributed by atoms with van der Waals surface area (Å²) in [5, 5.41) is 3.91. The Bertz CT molecular complexity index is 672. The summed E-state index contributed by atoms with van der Waals surface area (Å²) in [5.41, 5.74) is 4.80. The van der Waals surface area contributed by atoms with Crippen LogP contribution in [0.1, 0.15) is 18.1 Å². The van der Waals surface area contributed by atoms with Crippen LogP contribution in [0.5, 0.6) is 5.75 Å². The molecule has 0 saturated carbocycles. The maximum absolute atomic E-state index is 11.7. The maximum Gasteiger partial charge on any atom is 0.277 e. The summed E-state index contributed by atoms with van der Waals surface area (Å²) in [4.78, 5) is 11.7. The number of benzene rings is 2. The van der Waals surface area contributed by atoms with E-state index in [1.165, 1.54) is 5.56 Å². The molecule has 0 unspecified atom stereocenters. The van der Waals surface area contributed by atoms with Crippen LogP contribution >= 0.6 is 15.9 Å². The minimum absolute atomic E-state index is 0.0766. The quantitative estimate of drug-likeness (QED) is 0.592. The lowest BCUT2D eigenvalue weighted by Gasteiger charge is -2.08. The molecule has 0 bridgehead atoms. The van der Waals surface area contributed by atoms with E-state index in [1.807, 2.05) is 48.5 Å². The normalized spacial score (nSPS) is 10.7. The Hall–Kier alpha value is -2.14. The first-order valence-electron chi connectivity index (χ1n) is 7.44. The minimum atomic E-state index is -0.291. The number of hydrogen-bond donors (Lipinski definition) is 1. The van der Waals surface area contributed by atoms with Gasteiger partial charge in [0.2, 0.25) is 0 Å². The molecule has 1 N–H and O–H groups in total. The Morgan fingerprint density at radius 3 is 2.70 bits per heavy atom. The van der Waals surface area contributed by atoms with E-state index in [1.54, 1.807) is 6.21 Å². The Labute approximate surface area is 144 Å². The van der Waals surface area contributed by atoms with Crippen LogP contribution in [0.3, 0.4) is 0 Å². The number of hydrazone groups is 1. The first-order chi connectivity index (χ1) is 11.2. The van der Waals surface area contributed by atoms with Gasteiger partial charge in [0.25, 0.3) is 5.91 Å². The number of carbonyl (C=O) groups is 1. The molecule has 4 nitrogen and oxygen atoms in total. The second kappa shape index (κ2) is 9.10. The average Bonchev–Trinajstić information content (AvgIpc) is 2.58. The molecule has 2 aromatic rings. The van der Waals surface area contributed by atoms with E-state index in [4.69, 9.17) is 4.74 Å². The number of ether oxygens (including phenoxy) is 1. The highest BCUT2D eigenvalue weighted by atomic mass is 79.9. The Morgan fingerprint density at radius 2 is 2.00 bits per heavy atom. The lowest BCUT2D eigenvalue weighted by Crippen LogP contribution is -2.24. The summed E-state index contributed by atoms with van der Waals surface area (Å²) < 4.78 is 6.33. The largest absolute Gasteiger partial charge is 0.483 e. The molecule has 2 aromatic carbocycles. The van der Waals surface area contributed by atoms with E-state index in [0.717, 1.165) is 16.5 Å². The first-order valence-corrected chi connectivity index (χ1v) is 8.24. The van der Waals surface area contributed by atoms with Crippen LogP contribution in [0.2, 0.25) is 0 Å². The number of aryl methyl sites for hydroxylation is 1. The number of nitrogens with zero attached hydrogens (tertiary/aromatic N) is 1. The van der Waals surface area contributed by atoms with Crippen molar-refractivity contribution in [3.8, 4) is 5.75 Å². The van der Waals surface area contributed by atoms with Crippen LogP contribution in [0, 0.1) is 0 Å². The van der Waals surface area contributed by atoms with Crippen molar-refractivity contribution < 1.29 is 9.53 Å². The molecule has 23 heavy (non-hydrogen) atoms. The van der Waals surface area contributed by atoms with Gasteiger partial charge in [-0.2, -0.15) is 5.10 Å². The van der Waals surface area contributed by atoms with E-state index in [-0.39, 0.29) is 12.5 Å². The zero-order valence-corrected chi connectivity index (χ0v) is 14.5. The van der Waals surface area contributed by atoms with Crippen molar-refractivity contribution >= 4 is 28.1 Å². The zero-order chi connectivity index (χ0) is 16.5. The zero-order valence-electron chi connectivity index (χ0n) is 13.0. The number of rotatable bonds is 7. The predicted octanol–water partition coefficient (Wildman–Crippen LogP) is 3.74. The van der Waals surface area contributed by atoms with Crippen molar-refractivity contribution in [2.24, 2.45) is 5.10 Å². The number of amides is 1. The molecule has 0 atom stereocenters. The average molecular weight is 375 g/mol. The molecular formula is C18H19BrN2O2. The molecule has 0 aromatic heterocycles. The molecular weight excluding hydrogens is 356 g/mol. The molecule has 0 fully saturated rings. The predicted molar refractivity (Wildman–Crippen MR) is 95.8 cm³/mol. The van der Waals surface area contributed by atoms with Gasteiger partial charge >= 0.3 is 0 Å². The van der Waals surface area contributed by atoms with Crippen molar-refractivity contribution in [2.45, 2.75) is 19.8 Å². The van der Waals surface area contributed by atoms with E-state index in [0.29, 0.717) is 12.2 Å². The van der Waals surface area contributed by atoms with Crippen LogP contribution in [0.4, 0.5) is 0 Å². The van der Waals surface area contributed by atoms with Gasteiger partial charge in [0, 0.05) is 12.6 Å². The lowest BCUT2D eigenvalue weighted by atomic mass is 10.2. The van der Waals surface area contributed by atoms with Gasteiger partial charge in [-0.05, 0) is 45.6 Å². The van der Waals surface area contributed by atoms with Gasteiger partial charge in [0.15, 0.2) is 6.61 Å². The van der Waals surface area contributed by atoms with Crippen LogP contribution in [0.25, 0.3) is 0 Å². The van der Waals surface area contributed by atoms with Crippen LogP contribution < -0.4 is 10.2 Å². The topological polar surface area (TPSA) is 50.7 Å². The van der Waals surface area contributed by atoms with E-state index < -0.39 is 0 Å². The van der Waals surface area contributed by atoms with E-state index in [9.17, 15) is 4.79 Å².